The van der Waals surface area contributed by atoms with Crippen LogP contribution in [-0.4, -0.2) is 23.7 Å². The predicted molar refractivity (Wildman–Crippen MR) is 41.6 cm³/mol. The Morgan fingerprint density at radius 3 is 2.55 bits per heavy atom. The van der Waals surface area contributed by atoms with Crippen LogP contribution in [0, 0.1) is 0 Å². The smallest absolute Gasteiger partial charge is 0.253 e. The molecule has 0 radical (unpaired) electrons. The molecule has 0 aromatic carbocycles. The molecule has 0 aromatic rings. The monoisotopic (exact) mass is 178 g/mol. The highest BCUT2D eigenvalue weighted by Crippen LogP contribution is 2.12. The van der Waals surface area contributed by atoms with Gasteiger partial charge in [0.2, 0.25) is 0 Å². The summed E-state index contributed by atoms with van der Waals surface area (Å²) in [6, 6.07) is 0. The molecule has 0 aromatic heterocycles. The van der Waals surface area contributed by atoms with Crippen molar-refractivity contribution in [3.05, 3.63) is 0 Å². The number of hydrogen-bond donors (Lipinski definition) is 0. The Balaban J connectivity index is 3.72. The zero-order chi connectivity index (χ0) is 8.91. The van der Waals surface area contributed by atoms with Crippen molar-refractivity contribution in [2.24, 2.45) is 0 Å². The van der Waals surface area contributed by atoms with E-state index in [4.69, 9.17) is 16.3 Å². The van der Waals surface area contributed by atoms with Gasteiger partial charge in [-0.3, -0.25) is 4.79 Å². The molecule has 0 unspecified atom stereocenters. The molecule has 64 valence electrons. The van der Waals surface area contributed by atoms with Crippen LogP contribution >= 0.6 is 11.6 Å². The third-order valence-electron chi connectivity index (χ3n) is 1.17. The Labute approximate surface area is 70.7 Å². The lowest BCUT2D eigenvalue weighted by Gasteiger charge is -2.19. The third-order valence-corrected chi connectivity index (χ3v) is 1.63. The van der Waals surface area contributed by atoms with E-state index in [0.717, 1.165) is 6.29 Å². The van der Waals surface area contributed by atoms with Crippen molar-refractivity contribution >= 4 is 23.1 Å². The summed E-state index contributed by atoms with van der Waals surface area (Å²) in [5.74, 6) is 0. The Morgan fingerprint density at radius 2 is 2.18 bits per heavy atom. The molecule has 3 nitrogen and oxygen atoms in total. The largest absolute Gasteiger partial charge is 0.366 e. The van der Waals surface area contributed by atoms with Crippen LogP contribution in [0.1, 0.15) is 20.3 Å². The molecule has 0 N–H and O–H groups in total. The summed E-state index contributed by atoms with van der Waals surface area (Å²) in [7, 11) is 0. The second kappa shape index (κ2) is 4.46. The fourth-order valence-electron chi connectivity index (χ4n) is 0.419. The van der Waals surface area contributed by atoms with Gasteiger partial charge in [-0.2, -0.15) is 0 Å². The maximum Gasteiger partial charge on any atom is 0.253 e. The van der Waals surface area contributed by atoms with Crippen molar-refractivity contribution in [2.45, 2.75) is 25.9 Å². The van der Waals surface area contributed by atoms with Crippen LogP contribution in [0.15, 0.2) is 0 Å². The topological polar surface area (TPSA) is 43.4 Å². The second-order valence-corrected chi connectivity index (χ2v) is 2.93. The number of aldehydes is 1. The highest BCUT2D eigenvalue weighted by Gasteiger charge is 2.25. The molecule has 0 aliphatic heterocycles. The van der Waals surface area contributed by atoms with Gasteiger partial charge < -0.3 is 9.53 Å². The van der Waals surface area contributed by atoms with Crippen LogP contribution in [0.4, 0.5) is 0 Å². The molecule has 11 heavy (non-hydrogen) atoms. The van der Waals surface area contributed by atoms with E-state index in [1.54, 1.807) is 13.8 Å². The molecule has 4 heteroatoms. The minimum atomic E-state index is -0.982. The molecule has 0 saturated heterocycles. The van der Waals surface area contributed by atoms with E-state index in [9.17, 15) is 9.59 Å². The van der Waals surface area contributed by atoms with Gasteiger partial charge in [-0.25, -0.2) is 0 Å². The standard InChI is InChI=1S/C7H11ClO3/c1-7(2,6(8)10)11-5-3-4-9/h4H,3,5H2,1-2H3. The molecule has 0 amide bonds. The van der Waals surface area contributed by atoms with Crippen molar-refractivity contribution in [3.8, 4) is 0 Å². The first-order valence-corrected chi connectivity index (χ1v) is 3.66. The Hall–Kier alpha value is -0.410. The first kappa shape index (κ1) is 10.6. The molecule has 0 rings (SSSR count). The van der Waals surface area contributed by atoms with Crippen LogP contribution < -0.4 is 0 Å². The highest BCUT2D eigenvalue weighted by molar-refractivity contribution is 6.65. The average molecular weight is 179 g/mol. The third kappa shape index (κ3) is 4.11. The second-order valence-electron chi connectivity index (χ2n) is 2.59. The zero-order valence-corrected chi connectivity index (χ0v) is 7.35. The molecule has 0 heterocycles. The lowest BCUT2D eigenvalue weighted by atomic mass is 10.2. The summed E-state index contributed by atoms with van der Waals surface area (Å²) >= 11 is 5.20. The van der Waals surface area contributed by atoms with Crippen molar-refractivity contribution < 1.29 is 14.3 Å². The van der Waals surface area contributed by atoms with Crippen LogP contribution in [-0.2, 0) is 14.3 Å². The lowest BCUT2D eigenvalue weighted by molar-refractivity contribution is -0.132. The van der Waals surface area contributed by atoms with E-state index in [-0.39, 0.29) is 13.0 Å². The number of carbonyl (C=O) groups excluding carboxylic acids is 2. The molecular formula is C7H11ClO3. The van der Waals surface area contributed by atoms with Crippen LogP contribution in [0.25, 0.3) is 0 Å². The quantitative estimate of drug-likeness (QED) is 0.360. The van der Waals surface area contributed by atoms with Crippen molar-refractivity contribution in [1.29, 1.82) is 0 Å². The van der Waals surface area contributed by atoms with Gasteiger partial charge in [0, 0.05) is 6.42 Å². The molecule has 0 bridgehead atoms. The van der Waals surface area contributed by atoms with E-state index in [0.29, 0.717) is 0 Å². The summed E-state index contributed by atoms with van der Waals surface area (Å²) in [5, 5.41) is -0.552. The van der Waals surface area contributed by atoms with Crippen molar-refractivity contribution in [2.75, 3.05) is 6.61 Å². The number of hydrogen-bond acceptors (Lipinski definition) is 3. The fourth-order valence-corrected chi connectivity index (χ4v) is 0.473. The van der Waals surface area contributed by atoms with Gasteiger partial charge in [0.15, 0.2) is 0 Å². The van der Waals surface area contributed by atoms with E-state index in [1.807, 2.05) is 0 Å². The molecule has 0 atom stereocenters. The van der Waals surface area contributed by atoms with E-state index >= 15 is 0 Å². The number of halogens is 1. The summed E-state index contributed by atoms with van der Waals surface area (Å²) < 4.78 is 5.02. The summed E-state index contributed by atoms with van der Waals surface area (Å²) in [4.78, 5) is 20.5. The van der Waals surface area contributed by atoms with E-state index in [2.05, 4.69) is 0 Å². The molecule has 0 aliphatic rings. The Kier molecular flexibility index (Phi) is 4.30. The van der Waals surface area contributed by atoms with Gasteiger partial charge in [0.1, 0.15) is 11.9 Å². The van der Waals surface area contributed by atoms with Gasteiger partial charge >= 0.3 is 0 Å². The van der Waals surface area contributed by atoms with Gasteiger partial charge in [-0.15, -0.1) is 0 Å². The maximum absolute atomic E-state index is 10.6. The van der Waals surface area contributed by atoms with E-state index in [1.165, 1.54) is 0 Å². The normalized spacial score (nSPS) is 11.2. The van der Waals surface area contributed by atoms with Crippen molar-refractivity contribution in [1.82, 2.24) is 0 Å². The van der Waals surface area contributed by atoms with Crippen LogP contribution in [0.5, 0.6) is 0 Å². The summed E-state index contributed by atoms with van der Waals surface area (Å²) in [6.45, 7) is 3.36. The maximum atomic E-state index is 10.6. The average Bonchev–Trinajstić information content (AvgIpc) is 1.88. The number of ether oxygens (including phenoxy) is 1. The van der Waals surface area contributed by atoms with Crippen molar-refractivity contribution in [3.63, 3.8) is 0 Å². The minimum Gasteiger partial charge on any atom is -0.366 e. The minimum absolute atomic E-state index is 0.231. The SMILES string of the molecule is CC(C)(OCCC=O)C(=O)Cl. The molecule has 0 aliphatic carbocycles. The first-order chi connectivity index (χ1) is 5.00. The molecule has 0 saturated carbocycles. The molecule has 0 spiro atoms. The van der Waals surface area contributed by atoms with Crippen LogP contribution in [0.2, 0.25) is 0 Å². The summed E-state index contributed by atoms with van der Waals surface area (Å²) in [6.07, 6.45) is 1.02. The molecular weight excluding hydrogens is 168 g/mol. The van der Waals surface area contributed by atoms with Crippen LogP contribution in [0.3, 0.4) is 0 Å². The first-order valence-electron chi connectivity index (χ1n) is 3.28. The van der Waals surface area contributed by atoms with Gasteiger partial charge in [-0.1, -0.05) is 0 Å². The number of rotatable bonds is 5. The number of carbonyl (C=O) groups is 2. The Bertz CT molecular complexity index is 154. The predicted octanol–water partition coefficient (Wildman–Crippen LogP) is 1.14. The van der Waals surface area contributed by atoms with E-state index < -0.39 is 10.8 Å². The van der Waals surface area contributed by atoms with Gasteiger partial charge in [-0.05, 0) is 25.4 Å². The lowest BCUT2D eigenvalue weighted by Crippen LogP contribution is -2.31. The zero-order valence-electron chi connectivity index (χ0n) is 6.59. The van der Waals surface area contributed by atoms with Gasteiger partial charge in [0.25, 0.3) is 5.24 Å². The fraction of sp³-hybridized carbons (Fsp3) is 0.714. The Morgan fingerprint density at radius 1 is 1.64 bits per heavy atom. The molecule has 0 fully saturated rings. The summed E-state index contributed by atoms with van der Waals surface area (Å²) in [5.41, 5.74) is -0.982. The highest BCUT2D eigenvalue weighted by atomic mass is 35.5. The van der Waals surface area contributed by atoms with Gasteiger partial charge in [0.05, 0.1) is 6.61 Å².